The summed E-state index contributed by atoms with van der Waals surface area (Å²) in [4.78, 5) is 136. The molecule has 7 amide bonds. The highest BCUT2D eigenvalue weighted by molar-refractivity contribution is 7.53. The van der Waals surface area contributed by atoms with E-state index in [2.05, 4.69) is 5.32 Å². The first-order valence-corrected chi connectivity index (χ1v) is 25.5. The molecule has 0 unspecified atom stereocenters. The SMILES string of the molecule is C/C1=C2N=C(/C=C3N=C(/C(C)=C(\N)[C@@H](CCC(N)=O)[C@](C)(CC(N)=O)[C@H](C)[C@@H]4N=C1[C@](C)(CCC(=O)NC[C@@H](C)O[P+](O)(O)O)[C@H]4CC(N)=O)[C@@](C)(CC(N)=O)[C@@H]\3CCC(N)=O)C(C)(C)[C@@H]/2CCC(N)=O. The quantitative estimate of drug-likeness (QED) is 0.0690. The molecule has 0 saturated carbocycles. The summed E-state index contributed by atoms with van der Waals surface area (Å²) in [6.45, 7) is 16.1. The second-order valence-electron chi connectivity index (χ2n) is 21.4. The number of carbonyl (C=O) groups is 7. The van der Waals surface area contributed by atoms with E-state index in [0.717, 1.165) is 0 Å². The van der Waals surface area contributed by atoms with E-state index in [4.69, 9.17) is 59.6 Å². The predicted molar refractivity (Wildman–Crippen MR) is 268 cm³/mol. The number of fused-ring (bicyclic) bond motifs is 3. The lowest BCUT2D eigenvalue weighted by molar-refractivity contribution is -0.124. The Hall–Kier alpha value is -5.41. The van der Waals surface area contributed by atoms with E-state index in [-0.39, 0.29) is 82.9 Å². The average Bonchev–Trinajstić information content (AvgIpc) is 3.76. The van der Waals surface area contributed by atoms with Crippen molar-refractivity contribution >= 4 is 66.7 Å². The van der Waals surface area contributed by atoms with E-state index in [1.54, 1.807) is 6.92 Å². The molecular weight excluding hydrogens is 938 g/mol. The van der Waals surface area contributed by atoms with Gasteiger partial charge >= 0.3 is 8.17 Å². The Morgan fingerprint density at radius 3 is 1.76 bits per heavy atom. The van der Waals surface area contributed by atoms with Gasteiger partial charge < -0.3 is 45.5 Å². The van der Waals surface area contributed by atoms with Gasteiger partial charge in [-0.1, -0.05) is 41.5 Å². The molecule has 394 valence electrons. The summed E-state index contributed by atoms with van der Waals surface area (Å²) in [6.07, 6.45) is 0.113. The van der Waals surface area contributed by atoms with E-state index >= 15 is 0 Å². The number of hydrogen-bond acceptors (Lipinski definition) is 15. The van der Waals surface area contributed by atoms with Crippen LogP contribution in [0.25, 0.3) is 0 Å². The van der Waals surface area contributed by atoms with Gasteiger partial charge in [-0.25, -0.2) is 0 Å². The normalized spacial score (nSPS) is 32.7. The zero-order chi connectivity index (χ0) is 53.9. The molecule has 22 nitrogen and oxygen atoms in total. The third kappa shape index (κ3) is 13.0. The van der Waals surface area contributed by atoms with Crippen molar-refractivity contribution in [2.75, 3.05) is 6.54 Å². The number of aliphatic imine (C=N–C) groups is 3. The summed E-state index contributed by atoms with van der Waals surface area (Å²) < 4.78 is 4.82. The molecule has 4 rings (SSSR count). The van der Waals surface area contributed by atoms with Gasteiger partial charge in [0.05, 0.1) is 11.8 Å². The van der Waals surface area contributed by atoms with Crippen LogP contribution in [0.4, 0.5) is 0 Å². The zero-order valence-corrected chi connectivity index (χ0v) is 43.4. The average molecular weight is 1020 g/mol. The summed E-state index contributed by atoms with van der Waals surface area (Å²) >= 11 is 0. The van der Waals surface area contributed by atoms with Crippen LogP contribution in [0.3, 0.4) is 0 Å². The van der Waals surface area contributed by atoms with E-state index in [9.17, 15) is 48.2 Å². The van der Waals surface area contributed by atoms with Crippen LogP contribution >= 0.6 is 8.17 Å². The Balaban J connectivity index is 2.21. The van der Waals surface area contributed by atoms with E-state index in [0.29, 0.717) is 39.7 Å². The van der Waals surface area contributed by atoms with Crippen molar-refractivity contribution in [3.05, 3.63) is 34.3 Å². The number of nitrogens with one attached hydrogen (secondary N) is 1. The summed E-state index contributed by atoms with van der Waals surface area (Å²) in [5.74, 6) is -7.78. The second-order valence-corrected chi connectivity index (χ2v) is 22.6. The van der Waals surface area contributed by atoms with Crippen LogP contribution in [0.15, 0.2) is 49.3 Å². The fraction of sp³-hybridized carbons (Fsp3) is 0.667. The molecule has 0 aromatic carbocycles. The van der Waals surface area contributed by atoms with Crippen molar-refractivity contribution in [1.82, 2.24) is 5.32 Å². The molecule has 6 bridgehead atoms. The van der Waals surface area contributed by atoms with Gasteiger partial charge in [0, 0.05) is 120 Å². The topological polar surface area (TPSA) is 421 Å². The first-order chi connectivity index (χ1) is 32.6. The Bertz CT molecular complexity index is 2370. The van der Waals surface area contributed by atoms with Gasteiger partial charge in [0.1, 0.15) is 6.10 Å². The number of primary amides is 6. The second kappa shape index (κ2) is 22.1. The molecule has 0 fully saturated rings. The first kappa shape index (κ1) is 58.2. The van der Waals surface area contributed by atoms with Crippen LogP contribution in [0, 0.1) is 51.2 Å². The Kier molecular flexibility index (Phi) is 18.1. The fourth-order valence-electron chi connectivity index (χ4n) is 12.0. The van der Waals surface area contributed by atoms with Gasteiger partial charge in [0.25, 0.3) is 0 Å². The molecule has 0 radical (unpaired) electrons. The number of carbonyl (C=O) groups excluding carboxylic acids is 7. The highest BCUT2D eigenvalue weighted by Gasteiger charge is 2.57. The van der Waals surface area contributed by atoms with Gasteiger partial charge in [-0.3, -0.25) is 48.5 Å². The molecule has 71 heavy (non-hydrogen) atoms. The van der Waals surface area contributed by atoms with Crippen LogP contribution in [0.5, 0.6) is 0 Å². The van der Waals surface area contributed by atoms with Crippen molar-refractivity contribution in [2.45, 2.75) is 145 Å². The number of hydrogen-bond donors (Lipinski definition) is 11. The lowest BCUT2D eigenvalue weighted by atomic mass is 9.57. The summed E-state index contributed by atoms with van der Waals surface area (Å²) in [7, 11) is -4.61. The summed E-state index contributed by atoms with van der Waals surface area (Å²) in [5.41, 5.74) is 42.0. The largest absolute Gasteiger partial charge is 0.567 e. The summed E-state index contributed by atoms with van der Waals surface area (Å²) in [6, 6.07) is -0.845. The Morgan fingerprint density at radius 1 is 0.718 bits per heavy atom. The maximum atomic E-state index is 13.7. The summed E-state index contributed by atoms with van der Waals surface area (Å²) in [5, 5.41) is 2.70. The first-order valence-electron chi connectivity index (χ1n) is 24.0. The molecule has 23 heteroatoms. The van der Waals surface area contributed by atoms with Gasteiger partial charge in [-0.15, -0.1) is 4.52 Å². The molecule has 0 saturated heterocycles. The van der Waals surface area contributed by atoms with Crippen molar-refractivity contribution in [3.8, 4) is 0 Å². The van der Waals surface area contributed by atoms with Gasteiger partial charge in [0.15, 0.2) is 0 Å². The number of nitrogens with zero attached hydrogens (tertiary/aromatic N) is 3. The van der Waals surface area contributed by atoms with Crippen LogP contribution in [-0.4, -0.2) is 91.9 Å². The fourth-order valence-corrected chi connectivity index (χ4v) is 12.5. The maximum absolute atomic E-state index is 13.7. The lowest BCUT2D eigenvalue weighted by Crippen LogP contribution is -2.48. The minimum atomic E-state index is -4.61. The molecule has 4 aliphatic heterocycles. The smallest absolute Gasteiger partial charge is 0.402 e. The maximum Gasteiger partial charge on any atom is 0.567 e. The van der Waals surface area contributed by atoms with Crippen LogP contribution in [-0.2, 0) is 38.1 Å². The molecule has 0 spiro atoms. The Morgan fingerprint density at radius 2 is 1.25 bits per heavy atom. The van der Waals surface area contributed by atoms with Crippen LogP contribution in [0.2, 0.25) is 0 Å². The zero-order valence-electron chi connectivity index (χ0n) is 42.5. The monoisotopic (exact) mass is 1010 g/mol. The van der Waals surface area contributed by atoms with Crippen LogP contribution < -0.4 is 45.5 Å². The van der Waals surface area contributed by atoms with Crippen molar-refractivity contribution in [1.29, 1.82) is 0 Å². The van der Waals surface area contributed by atoms with Crippen molar-refractivity contribution in [3.63, 3.8) is 0 Å². The highest BCUT2D eigenvalue weighted by atomic mass is 31.2. The highest BCUT2D eigenvalue weighted by Crippen LogP contribution is 2.58. The number of allylic oxidation sites excluding steroid dienone is 6. The van der Waals surface area contributed by atoms with Gasteiger partial charge in [0.2, 0.25) is 41.4 Å². The van der Waals surface area contributed by atoms with E-state index in [1.165, 1.54) is 6.92 Å². The number of amides is 7. The minimum Gasteiger partial charge on any atom is -0.402 e. The van der Waals surface area contributed by atoms with Crippen LogP contribution in [0.1, 0.15) is 133 Å². The number of rotatable bonds is 22. The van der Waals surface area contributed by atoms with Crippen molar-refractivity contribution in [2.24, 2.45) is 106 Å². The van der Waals surface area contributed by atoms with E-state index in [1.807, 2.05) is 54.5 Å². The molecule has 10 atom stereocenters. The third-order valence-electron chi connectivity index (χ3n) is 15.9. The molecule has 0 aliphatic carbocycles. The standard InChI is InChI=1S/C48H76N11O11P/c1-23(70-71(67,68)69)22-56-39(66)16-17-46(7)30(18-36(52)63)42-26(4)47(8,20-37(53)64)28(11-14-34(50)61)40(55)24(2)43-48(9,21-38(54)65)27(10-13-33(49)60)31(57-43)19-32-45(5,6)29(12-15-35(51)62)41(58-32)25(3)44(46)59-42/h19,23,26-30,42,67-69H,10-18,20-22H2,1-9H3,(H14-,49,50,51,52,53,54,55,56,57,58,59,60,61,62,63,64,65,66)/p+1/t23-,26-,27-,28-,29-,30+,42+,46-,47-,48+/m1/s1. The molecule has 0 aromatic rings. The molecule has 4 heterocycles. The Labute approximate surface area is 415 Å². The molecular formula is C48H77N11O11P+. The third-order valence-corrected chi connectivity index (χ3v) is 16.6. The van der Waals surface area contributed by atoms with Gasteiger partial charge in [-0.2, -0.15) is 14.7 Å². The lowest BCUT2D eigenvalue weighted by Gasteiger charge is -2.47. The predicted octanol–water partition coefficient (Wildman–Crippen LogP) is 1.65. The van der Waals surface area contributed by atoms with Gasteiger partial charge in [-0.05, 0) is 75.0 Å². The van der Waals surface area contributed by atoms with Crippen molar-refractivity contribution < 1.29 is 52.8 Å². The van der Waals surface area contributed by atoms with E-state index < -0.39 is 113 Å². The molecule has 0 aromatic heterocycles. The molecule has 4 aliphatic rings. The number of nitrogens with two attached hydrogens (primary N) is 7. The minimum absolute atomic E-state index is 0.0190. The molecule has 18 N–H and O–H groups in total.